The molecule has 0 saturated heterocycles. The number of fused-ring (bicyclic) bond motifs is 1. The van der Waals surface area contributed by atoms with Gasteiger partial charge in [0, 0.05) is 23.6 Å². The van der Waals surface area contributed by atoms with Gasteiger partial charge in [-0.2, -0.15) is 0 Å². The molecule has 0 saturated carbocycles. The minimum absolute atomic E-state index is 0.237. The summed E-state index contributed by atoms with van der Waals surface area (Å²) in [5.41, 5.74) is 3.46. The lowest BCUT2D eigenvalue weighted by molar-refractivity contribution is 0.161. The van der Waals surface area contributed by atoms with E-state index in [4.69, 9.17) is 5.21 Å². The molecule has 4 heteroatoms. The smallest absolute Gasteiger partial charge is 0.132 e. The lowest BCUT2D eigenvalue weighted by Crippen LogP contribution is -2.05. The molecule has 0 bridgehead atoms. The lowest BCUT2D eigenvalue weighted by atomic mass is 10.1. The summed E-state index contributed by atoms with van der Waals surface area (Å²) in [6, 6.07) is 4.83. The zero-order valence-electron chi connectivity index (χ0n) is 6.84. The molecule has 2 rings (SSSR count). The second-order valence-electron chi connectivity index (χ2n) is 2.81. The van der Waals surface area contributed by atoms with Crippen molar-refractivity contribution >= 4 is 10.9 Å². The summed E-state index contributed by atoms with van der Waals surface area (Å²) >= 11 is 0. The molecule has 1 aromatic heterocycles. The Morgan fingerprint density at radius 1 is 1.46 bits per heavy atom. The second kappa shape index (κ2) is 3.16. The van der Waals surface area contributed by atoms with Gasteiger partial charge in [-0.1, -0.05) is 6.07 Å². The number of aromatic nitrogens is 1. The molecule has 3 nitrogen and oxygen atoms in total. The molecular weight excluding hydrogens is 171 g/mol. The first kappa shape index (κ1) is 8.22. The average molecular weight is 180 g/mol. The van der Waals surface area contributed by atoms with Crippen molar-refractivity contribution in [2.24, 2.45) is 0 Å². The molecule has 0 spiro atoms. The van der Waals surface area contributed by atoms with Gasteiger partial charge in [-0.3, -0.25) is 0 Å². The fraction of sp³-hybridized carbons (Fsp3) is 0.111. The Labute approximate surface area is 74.2 Å². The van der Waals surface area contributed by atoms with E-state index in [0.29, 0.717) is 5.39 Å². The van der Waals surface area contributed by atoms with Crippen LogP contribution in [0.3, 0.4) is 0 Å². The topological polar surface area (TPSA) is 48.0 Å². The van der Waals surface area contributed by atoms with Crippen LogP contribution in [0.5, 0.6) is 0 Å². The van der Waals surface area contributed by atoms with E-state index < -0.39 is 0 Å². The molecule has 0 unspecified atom stereocenters. The third-order valence-electron chi connectivity index (χ3n) is 2.01. The summed E-state index contributed by atoms with van der Waals surface area (Å²) in [6.07, 6.45) is 1.68. The van der Waals surface area contributed by atoms with Crippen LogP contribution in [0.4, 0.5) is 4.39 Å². The molecule has 1 heterocycles. The third-order valence-corrected chi connectivity index (χ3v) is 2.01. The minimum atomic E-state index is -0.274. The van der Waals surface area contributed by atoms with Gasteiger partial charge in [-0.25, -0.2) is 9.87 Å². The number of hydrogen-bond donors (Lipinski definition) is 3. The van der Waals surface area contributed by atoms with Crippen LogP contribution in [0.1, 0.15) is 5.56 Å². The van der Waals surface area contributed by atoms with Gasteiger partial charge in [0.05, 0.1) is 0 Å². The highest BCUT2D eigenvalue weighted by Gasteiger charge is 2.06. The van der Waals surface area contributed by atoms with Gasteiger partial charge < -0.3 is 10.2 Å². The number of rotatable bonds is 2. The first-order chi connectivity index (χ1) is 6.33. The predicted octanol–water partition coefficient (Wildman–Crippen LogP) is 1.79. The zero-order chi connectivity index (χ0) is 9.26. The molecule has 0 aliphatic carbocycles. The molecular formula is C9H9FN2O. The van der Waals surface area contributed by atoms with E-state index in [9.17, 15) is 4.39 Å². The number of H-pyrrole nitrogens is 1. The van der Waals surface area contributed by atoms with Crippen molar-refractivity contribution in [1.82, 2.24) is 10.5 Å². The summed E-state index contributed by atoms with van der Waals surface area (Å²) < 4.78 is 13.3. The van der Waals surface area contributed by atoms with Crippen molar-refractivity contribution in [1.29, 1.82) is 0 Å². The fourth-order valence-electron chi connectivity index (χ4n) is 1.43. The first-order valence-corrected chi connectivity index (χ1v) is 3.94. The van der Waals surface area contributed by atoms with E-state index in [0.717, 1.165) is 11.1 Å². The van der Waals surface area contributed by atoms with Crippen molar-refractivity contribution in [2.75, 3.05) is 0 Å². The summed E-state index contributed by atoms with van der Waals surface area (Å²) in [5, 5.41) is 9.03. The Hall–Kier alpha value is -1.39. The van der Waals surface area contributed by atoms with Crippen LogP contribution in [0.25, 0.3) is 10.9 Å². The summed E-state index contributed by atoms with van der Waals surface area (Å²) in [5.74, 6) is -0.274. The maximum Gasteiger partial charge on any atom is 0.132 e. The largest absolute Gasteiger partial charge is 0.361 e. The van der Waals surface area contributed by atoms with Crippen LogP contribution in [0.2, 0.25) is 0 Å². The fourth-order valence-corrected chi connectivity index (χ4v) is 1.43. The van der Waals surface area contributed by atoms with Crippen molar-refractivity contribution in [3.63, 3.8) is 0 Å². The summed E-state index contributed by atoms with van der Waals surface area (Å²) in [4.78, 5) is 2.92. The summed E-state index contributed by atoms with van der Waals surface area (Å²) in [7, 11) is 0. The number of benzene rings is 1. The third kappa shape index (κ3) is 1.30. The van der Waals surface area contributed by atoms with Gasteiger partial charge in [0.1, 0.15) is 5.82 Å². The quantitative estimate of drug-likeness (QED) is 0.617. The van der Waals surface area contributed by atoms with Crippen molar-refractivity contribution in [2.45, 2.75) is 6.54 Å². The van der Waals surface area contributed by atoms with Crippen molar-refractivity contribution in [3.8, 4) is 0 Å². The van der Waals surface area contributed by atoms with Crippen LogP contribution in [0.15, 0.2) is 24.4 Å². The normalized spacial score (nSPS) is 10.9. The highest BCUT2D eigenvalue weighted by Crippen LogP contribution is 2.20. The molecule has 0 aliphatic rings. The molecule has 0 aliphatic heterocycles. The van der Waals surface area contributed by atoms with E-state index in [2.05, 4.69) is 4.98 Å². The van der Waals surface area contributed by atoms with E-state index in [1.54, 1.807) is 18.3 Å². The zero-order valence-corrected chi connectivity index (χ0v) is 6.84. The van der Waals surface area contributed by atoms with E-state index in [1.165, 1.54) is 6.07 Å². The van der Waals surface area contributed by atoms with Gasteiger partial charge in [-0.05, 0) is 17.7 Å². The number of hydrogen-bond acceptors (Lipinski definition) is 2. The van der Waals surface area contributed by atoms with E-state index in [-0.39, 0.29) is 12.4 Å². The van der Waals surface area contributed by atoms with Gasteiger partial charge >= 0.3 is 0 Å². The Kier molecular flexibility index (Phi) is 2.00. The molecule has 3 N–H and O–H groups in total. The minimum Gasteiger partial charge on any atom is -0.361 e. The second-order valence-corrected chi connectivity index (χ2v) is 2.81. The average Bonchev–Trinajstić information content (AvgIpc) is 2.51. The van der Waals surface area contributed by atoms with Crippen LogP contribution in [-0.4, -0.2) is 10.2 Å². The Morgan fingerprint density at radius 2 is 2.31 bits per heavy atom. The van der Waals surface area contributed by atoms with Crippen molar-refractivity contribution < 1.29 is 9.60 Å². The molecule has 2 aromatic rings. The maximum atomic E-state index is 13.3. The van der Waals surface area contributed by atoms with Crippen LogP contribution in [-0.2, 0) is 6.54 Å². The lowest BCUT2D eigenvalue weighted by Gasteiger charge is -1.97. The van der Waals surface area contributed by atoms with Gasteiger partial charge in [0.2, 0.25) is 0 Å². The van der Waals surface area contributed by atoms with Crippen LogP contribution in [0, 0.1) is 5.82 Å². The highest BCUT2D eigenvalue weighted by molar-refractivity contribution is 5.83. The molecule has 0 fully saturated rings. The van der Waals surface area contributed by atoms with Gasteiger partial charge in [0.15, 0.2) is 0 Å². The standard InChI is InChI=1S/C9H9FN2O/c10-7-2-1-3-8-9(7)6(4-11-8)5-12-13/h1-4,11-13H,5H2. The number of nitrogens with one attached hydrogen (secondary N) is 2. The predicted molar refractivity (Wildman–Crippen MR) is 46.9 cm³/mol. The Balaban J connectivity index is 2.64. The molecule has 1 aromatic carbocycles. The molecule has 13 heavy (non-hydrogen) atoms. The first-order valence-electron chi connectivity index (χ1n) is 3.94. The van der Waals surface area contributed by atoms with Gasteiger partial charge in [-0.15, -0.1) is 0 Å². The Morgan fingerprint density at radius 3 is 3.08 bits per heavy atom. The van der Waals surface area contributed by atoms with E-state index in [1.807, 2.05) is 5.48 Å². The maximum absolute atomic E-state index is 13.3. The van der Waals surface area contributed by atoms with Gasteiger partial charge in [0.25, 0.3) is 0 Å². The monoisotopic (exact) mass is 180 g/mol. The molecule has 0 radical (unpaired) electrons. The van der Waals surface area contributed by atoms with E-state index >= 15 is 0 Å². The Bertz CT molecular complexity index is 424. The SMILES string of the molecule is ONCc1c[nH]c2cccc(F)c12. The molecule has 0 atom stereocenters. The molecule has 68 valence electrons. The molecule has 0 amide bonds. The number of hydroxylamine groups is 1. The van der Waals surface area contributed by atoms with Crippen molar-refractivity contribution in [3.05, 3.63) is 35.8 Å². The highest BCUT2D eigenvalue weighted by atomic mass is 19.1. The van der Waals surface area contributed by atoms with Crippen LogP contribution >= 0.6 is 0 Å². The number of halogens is 1. The number of aromatic amines is 1. The summed E-state index contributed by atoms with van der Waals surface area (Å²) in [6.45, 7) is 0.237. The van der Waals surface area contributed by atoms with Crippen LogP contribution < -0.4 is 5.48 Å².